The number of carbonyl (C=O) groups is 2. The predicted octanol–water partition coefficient (Wildman–Crippen LogP) is 7.74. The first-order valence-corrected chi connectivity index (χ1v) is 16.3. The van der Waals surface area contributed by atoms with Crippen LogP contribution in [0.2, 0.25) is 0 Å². The maximum absolute atomic E-state index is 14.0. The van der Waals surface area contributed by atoms with Crippen molar-refractivity contribution in [3.05, 3.63) is 119 Å². The first-order chi connectivity index (χ1) is 22.4. The third-order valence-corrected chi connectivity index (χ3v) is 8.13. The zero-order chi connectivity index (χ0) is 33.1. The number of allylic oxidation sites excluding steroid dienone is 3. The minimum atomic E-state index is -0.133. The Labute approximate surface area is 273 Å². The normalized spacial score (nSPS) is 12.9. The second-order valence-corrected chi connectivity index (χ2v) is 11.3. The lowest BCUT2D eigenvalue weighted by Crippen LogP contribution is -2.42. The fourth-order valence-corrected chi connectivity index (χ4v) is 5.84. The van der Waals surface area contributed by atoms with Crippen molar-refractivity contribution in [2.45, 2.75) is 53.5 Å². The summed E-state index contributed by atoms with van der Waals surface area (Å²) in [5.74, 6) is -0.0927. The van der Waals surface area contributed by atoms with E-state index in [1.807, 2.05) is 110 Å². The van der Waals surface area contributed by atoms with Gasteiger partial charge in [-0.2, -0.15) is 5.10 Å². The molecule has 1 unspecified atom stereocenters. The van der Waals surface area contributed by atoms with Gasteiger partial charge in [0.1, 0.15) is 5.69 Å². The summed E-state index contributed by atoms with van der Waals surface area (Å²) in [5, 5.41) is 12.1. The molecule has 1 atom stereocenters. The van der Waals surface area contributed by atoms with E-state index in [1.165, 1.54) is 0 Å². The minimum Gasteiger partial charge on any atom is -0.352 e. The minimum absolute atomic E-state index is 0.0103. The molecule has 1 heterocycles. The van der Waals surface area contributed by atoms with Crippen LogP contribution in [0.4, 0.5) is 0 Å². The Hall–Kier alpha value is -4.75. The van der Waals surface area contributed by atoms with Gasteiger partial charge < -0.3 is 15.5 Å². The van der Waals surface area contributed by atoms with E-state index in [4.69, 9.17) is 5.10 Å². The van der Waals surface area contributed by atoms with E-state index in [0.29, 0.717) is 24.2 Å². The van der Waals surface area contributed by atoms with E-state index in [9.17, 15) is 9.59 Å². The molecule has 2 amide bonds. The third kappa shape index (κ3) is 7.72. The van der Waals surface area contributed by atoms with Crippen LogP contribution in [0.25, 0.3) is 27.8 Å². The molecular formula is C39H47N5O2. The summed E-state index contributed by atoms with van der Waals surface area (Å²) in [6.45, 7) is 12.3. The molecule has 2 N–H and O–H groups in total. The van der Waals surface area contributed by atoms with Gasteiger partial charge in [-0.05, 0) is 102 Å². The second kappa shape index (κ2) is 16.5. The number of aromatic nitrogens is 2. The highest BCUT2D eigenvalue weighted by atomic mass is 16.2. The van der Waals surface area contributed by atoms with Gasteiger partial charge in [0.05, 0.1) is 17.2 Å². The smallest absolute Gasteiger partial charge is 0.254 e. The molecule has 0 bridgehead atoms. The number of para-hydroxylation sites is 1. The monoisotopic (exact) mass is 617 g/mol. The molecule has 4 aromatic rings. The molecule has 1 aromatic heterocycles. The first-order valence-electron chi connectivity index (χ1n) is 16.3. The van der Waals surface area contributed by atoms with Gasteiger partial charge in [-0.15, -0.1) is 0 Å². The van der Waals surface area contributed by atoms with Gasteiger partial charge >= 0.3 is 0 Å². The van der Waals surface area contributed by atoms with Crippen molar-refractivity contribution in [2.75, 3.05) is 26.7 Å². The Balaban J connectivity index is 1.63. The van der Waals surface area contributed by atoms with Crippen LogP contribution in [0.5, 0.6) is 0 Å². The van der Waals surface area contributed by atoms with Crippen molar-refractivity contribution in [2.24, 2.45) is 0 Å². The van der Waals surface area contributed by atoms with Gasteiger partial charge in [0.25, 0.3) is 11.8 Å². The van der Waals surface area contributed by atoms with E-state index in [0.717, 1.165) is 58.4 Å². The number of benzene rings is 3. The van der Waals surface area contributed by atoms with Crippen LogP contribution in [0.15, 0.2) is 108 Å². The van der Waals surface area contributed by atoms with E-state index >= 15 is 0 Å². The summed E-state index contributed by atoms with van der Waals surface area (Å²) in [5.41, 5.74) is 7.09. The number of rotatable bonds is 14. The molecule has 0 fully saturated rings. The van der Waals surface area contributed by atoms with Gasteiger partial charge in [0.2, 0.25) is 0 Å². The molecule has 0 saturated heterocycles. The molecule has 7 nitrogen and oxygen atoms in total. The average Bonchev–Trinajstić information content (AvgIpc) is 3.48. The number of fused-ring (bicyclic) bond motifs is 1. The molecule has 0 radical (unpaired) electrons. The Morgan fingerprint density at radius 2 is 1.63 bits per heavy atom. The summed E-state index contributed by atoms with van der Waals surface area (Å²) in [4.78, 5) is 28.5. The molecule has 0 saturated carbocycles. The van der Waals surface area contributed by atoms with Crippen molar-refractivity contribution >= 4 is 22.7 Å². The van der Waals surface area contributed by atoms with E-state index < -0.39 is 0 Å². The zero-order valence-corrected chi connectivity index (χ0v) is 28.0. The molecule has 46 heavy (non-hydrogen) atoms. The lowest BCUT2D eigenvalue weighted by atomic mass is 9.95. The molecule has 0 aliphatic carbocycles. The number of hydrogen-bond acceptors (Lipinski definition) is 4. The molecule has 240 valence electrons. The molecule has 4 rings (SSSR count). The fraction of sp³-hybridized carbons (Fsp3) is 0.308. The van der Waals surface area contributed by atoms with Crippen molar-refractivity contribution < 1.29 is 9.59 Å². The Morgan fingerprint density at radius 1 is 0.935 bits per heavy atom. The number of nitrogens with one attached hydrogen (secondary N) is 2. The van der Waals surface area contributed by atoms with E-state index in [1.54, 1.807) is 0 Å². The van der Waals surface area contributed by atoms with Gasteiger partial charge in [0.15, 0.2) is 0 Å². The number of likely N-dealkylation sites (N-methyl/N-ethyl adjacent to an activating group) is 1. The maximum atomic E-state index is 14.0. The topological polar surface area (TPSA) is 79.3 Å². The zero-order valence-electron chi connectivity index (χ0n) is 28.0. The third-order valence-electron chi connectivity index (χ3n) is 8.13. The van der Waals surface area contributed by atoms with Crippen molar-refractivity contribution in [1.82, 2.24) is 25.3 Å². The predicted molar refractivity (Wildman–Crippen MR) is 191 cm³/mol. The second-order valence-electron chi connectivity index (χ2n) is 11.3. The van der Waals surface area contributed by atoms with Crippen LogP contribution in [0.1, 0.15) is 68.2 Å². The summed E-state index contributed by atoms with van der Waals surface area (Å²) in [6, 6.07) is 23.2. The standard InChI is InChI=1S/C39H47N5O2/c1-7-14-28(5)37(29(9-3)15-8-2)43(10-4)39(46)32-22-24-33(25-23-32)44-35-17-12-11-16-34(35)36(42-44)30-18-20-31(21-19-30)38(45)41-27-13-26-40-6/h8-9,11-12,14-25,37,40H,7,10,13,26-27H2,1-6H3,(H,41,45)/b15-8-,28-14+,29-9+. The highest BCUT2D eigenvalue weighted by Crippen LogP contribution is 2.30. The molecule has 0 aliphatic heterocycles. The summed E-state index contributed by atoms with van der Waals surface area (Å²) in [6.07, 6.45) is 10.2. The van der Waals surface area contributed by atoms with Gasteiger partial charge in [-0.3, -0.25) is 9.59 Å². The number of carbonyl (C=O) groups excluding carboxylic acids is 2. The lowest BCUT2D eigenvalue weighted by Gasteiger charge is -2.33. The molecule has 0 aliphatic rings. The van der Waals surface area contributed by atoms with Crippen LogP contribution in [-0.4, -0.2) is 59.2 Å². The summed E-state index contributed by atoms with van der Waals surface area (Å²) < 4.78 is 1.92. The van der Waals surface area contributed by atoms with Crippen LogP contribution >= 0.6 is 0 Å². The molecule has 7 heteroatoms. The van der Waals surface area contributed by atoms with Crippen molar-refractivity contribution in [1.29, 1.82) is 0 Å². The van der Waals surface area contributed by atoms with Crippen LogP contribution in [0, 0.1) is 0 Å². The number of hydrogen-bond donors (Lipinski definition) is 2. The van der Waals surface area contributed by atoms with Gasteiger partial charge in [-0.1, -0.05) is 67.1 Å². The largest absolute Gasteiger partial charge is 0.352 e. The first kappa shape index (κ1) is 34.1. The highest BCUT2D eigenvalue weighted by Gasteiger charge is 2.27. The Morgan fingerprint density at radius 3 is 2.26 bits per heavy atom. The number of amides is 2. The molecule has 0 spiro atoms. The van der Waals surface area contributed by atoms with Gasteiger partial charge in [0, 0.05) is 35.2 Å². The summed E-state index contributed by atoms with van der Waals surface area (Å²) in [7, 11) is 1.90. The quantitative estimate of drug-likeness (QED) is 0.0862. The average molecular weight is 618 g/mol. The molecule has 3 aromatic carbocycles. The van der Waals surface area contributed by atoms with E-state index in [-0.39, 0.29) is 17.9 Å². The molecular weight excluding hydrogens is 570 g/mol. The van der Waals surface area contributed by atoms with Crippen molar-refractivity contribution in [3.8, 4) is 16.9 Å². The Bertz CT molecular complexity index is 1710. The number of nitrogens with zero attached hydrogens (tertiary/aromatic N) is 3. The fourth-order valence-electron chi connectivity index (χ4n) is 5.84. The summed E-state index contributed by atoms with van der Waals surface area (Å²) >= 11 is 0. The maximum Gasteiger partial charge on any atom is 0.254 e. The lowest BCUT2D eigenvalue weighted by molar-refractivity contribution is 0.0738. The Kier molecular flexibility index (Phi) is 12.3. The van der Waals surface area contributed by atoms with Crippen LogP contribution in [-0.2, 0) is 0 Å². The van der Waals surface area contributed by atoms with Crippen LogP contribution in [0.3, 0.4) is 0 Å². The highest BCUT2D eigenvalue weighted by molar-refractivity contribution is 5.97. The van der Waals surface area contributed by atoms with Gasteiger partial charge in [-0.25, -0.2) is 4.68 Å². The van der Waals surface area contributed by atoms with E-state index in [2.05, 4.69) is 48.8 Å². The van der Waals surface area contributed by atoms with Crippen LogP contribution < -0.4 is 10.6 Å². The van der Waals surface area contributed by atoms with Crippen molar-refractivity contribution in [3.63, 3.8) is 0 Å². The SMILES string of the molecule is C/C=C\C(=C/C)C(/C(C)=C/CC)N(CC)C(=O)c1ccc(-n2nc(-c3ccc(C(=O)NCCCNC)cc3)c3ccccc32)cc1.